The van der Waals surface area contributed by atoms with Gasteiger partial charge < -0.3 is 9.32 Å². The van der Waals surface area contributed by atoms with Crippen molar-refractivity contribution in [2.45, 2.75) is 19.3 Å². The van der Waals surface area contributed by atoms with Crippen LogP contribution in [0.15, 0.2) is 192 Å². The number of hydrogen-bond acceptors (Lipinski definition) is 2. The molecule has 0 saturated carbocycles. The first-order chi connectivity index (χ1) is 26.1. The van der Waals surface area contributed by atoms with Gasteiger partial charge in [0.15, 0.2) is 0 Å². The van der Waals surface area contributed by atoms with Crippen molar-refractivity contribution in [1.82, 2.24) is 0 Å². The van der Waals surface area contributed by atoms with Crippen LogP contribution in [0.3, 0.4) is 0 Å². The van der Waals surface area contributed by atoms with Crippen molar-refractivity contribution >= 4 is 39.0 Å². The third-order valence-corrected chi connectivity index (χ3v) is 11.1. The Bertz CT molecular complexity index is 2790. The zero-order chi connectivity index (χ0) is 35.5. The zero-order valence-corrected chi connectivity index (χ0v) is 29.8. The predicted octanol–water partition coefficient (Wildman–Crippen LogP) is 14.4. The maximum atomic E-state index is 6.76. The van der Waals surface area contributed by atoms with Crippen LogP contribution in [0.2, 0.25) is 0 Å². The average Bonchev–Trinajstić information content (AvgIpc) is 3.70. The van der Waals surface area contributed by atoms with Crippen LogP contribution in [-0.4, -0.2) is 0 Å². The number of anilines is 3. The topological polar surface area (TPSA) is 16.4 Å². The molecule has 0 spiro atoms. The molecule has 0 bridgehead atoms. The average molecular weight is 680 g/mol. The van der Waals surface area contributed by atoms with E-state index in [0.717, 1.165) is 50.1 Å². The highest BCUT2D eigenvalue weighted by atomic mass is 16.3. The monoisotopic (exact) mass is 679 g/mol. The summed E-state index contributed by atoms with van der Waals surface area (Å²) in [5, 5.41) is 2.23. The summed E-state index contributed by atoms with van der Waals surface area (Å²) < 4.78 is 6.76. The lowest BCUT2D eigenvalue weighted by atomic mass is 9.82. The predicted molar refractivity (Wildman–Crippen MR) is 222 cm³/mol. The molecule has 53 heavy (non-hydrogen) atoms. The molecule has 0 atom stereocenters. The van der Waals surface area contributed by atoms with E-state index in [1.54, 1.807) is 0 Å². The van der Waals surface area contributed by atoms with Gasteiger partial charge in [-0.3, -0.25) is 0 Å². The fourth-order valence-electron chi connectivity index (χ4n) is 8.50. The number of nitrogens with zero attached hydrogens (tertiary/aromatic N) is 1. The van der Waals surface area contributed by atoms with Crippen LogP contribution >= 0.6 is 0 Å². The molecule has 0 radical (unpaired) electrons. The van der Waals surface area contributed by atoms with Gasteiger partial charge in [0, 0.05) is 33.1 Å². The number of para-hydroxylation sites is 1. The highest BCUT2D eigenvalue weighted by Crippen LogP contribution is 2.52. The van der Waals surface area contributed by atoms with E-state index < -0.39 is 0 Å². The highest BCUT2D eigenvalue weighted by molar-refractivity contribution is 6.13. The lowest BCUT2D eigenvalue weighted by Crippen LogP contribution is -2.17. The fourth-order valence-corrected chi connectivity index (χ4v) is 8.50. The molecule has 0 unspecified atom stereocenters. The van der Waals surface area contributed by atoms with Crippen LogP contribution in [0.4, 0.5) is 17.1 Å². The summed E-state index contributed by atoms with van der Waals surface area (Å²) in [6.07, 6.45) is 0. The molecule has 10 rings (SSSR count). The molecule has 0 aliphatic heterocycles. The van der Waals surface area contributed by atoms with Crippen LogP contribution in [0.25, 0.3) is 66.4 Å². The number of furan rings is 1. The summed E-state index contributed by atoms with van der Waals surface area (Å²) >= 11 is 0. The Morgan fingerprint density at radius 2 is 0.981 bits per heavy atom. The number of fused-ring (bicyclic) bond motifs is 6. The quantitative estimate of drug-likeness (QED) is 0.174. The van der Waals surface area contributed by atoms with Crippen LogP contribution in [0, 0.1) is 0 Å². The van der Waals surface area contributed by atoms with Gasteiger partial charge in [-0.25, -0.2) is 0 Å². The molecule has 8 aromatic carbocycles. The summed E-state index contributed by atoms with van der Waals surface area (Å²) in [6.45, 7) is 4.70. The Kier molecular flexibility index (Phi) is 7.19. The van der Waals surface area contributed by atoms with Gasteiger partial charge in [-0.05, 0) is 92.5 Å². The van der Waals surface area contributed by atoms with E-state index in [4.69, 9.17) is 4.42 Å². The van der Waals surface area contributed by atoms with Crippen LogP contribution in [0.5, 0.6) is 0 Å². The van der Waals surface area contributed by atoms with Gasteiger partial charge in [-0.15, -0.1) is 0 Å². The Balaban J connectivity index is 1.20. The van der Waals surface area contributed by atoms with Gasteiger partial charge in [0.1, 0.15) is 11.2 Å². The number of rotatable bonds is 6. The van der Waals surface area contributed by atoms with Gasteiger partial charge in [-0.1, -0.05) is 159 Å². The van der Waals surface area contributed by atoms with Crippen molar-refractivity contribution < 1.29 is 4.42 Å². The molecule has 1 aromatic heterocycles. The van der Waals surface area contributed by atoms with Crippen LogP contribution in [0.1, 0.15) is 25.0 Å². The second-order valence-corrected chi connectivity index (χ2v) is 14.5. The molecule has 0 fully saturated rings. The van der Waals surface area contributed by atoms with Crippen molar-refractivity contribution in [3.8, 4) is 44.5 Å². The molecule has 0 N–H and O–H groups in total. The Morgan fingerprint density at radius 3 is 1.72 bits per heavy atom. The fraction of sp³-hybridized carbons (Fsp3) is 0.0588. The second kappa shape index (κ2) is 12.3. The first-order valence-electron chi connectivity index (χ1n) is 18.4. The molecule has 1 heterocycles. The van der Waals surface area contributed by atoms with Gasteiger partial charge in [0.05, 0.1) is 5.69 Å². The molecule has 0 amide bonds. The van der Waals surface area contributed by atoms with E-state index in [2.05, 4.69) is 201 Å². The molecule has 252 valence electrons. The van der Waals surface area contributed by atoms with Crippen LogP contribution in [-0.2, 0) is 5.41 Å². The standard InChI is InChI=1S/C51H37NO/c1-51(2)45-23-13-11-21-41(45)42-30-29-38(33-46(42)51)52(37-27-25-35(26-28-37)40-20-10-9-19-39(40)34-15-5-3-6-16-34)47-32-31-44-43-22-12-14-24-48(43)53-50(44)49(47)36-17-7-4-8-18-36/h3-33H,1-2H3. The van der Waals surface area contributed by atoms with E-state index in [9.17, 15) is 0 Å². The van der Waals surface area contributed by atoms with E-state index in [1.807, 2.05) is 6.07 Å². The number of hydrogen-bond donors (Lipinski definition) is 0. The summed E-state index contributed by atoms with van der Waals surface area (Å²) in [5.74, 6) is 0. The first-order valence-corrected chi connectivity index (χ1v) is 18.4. The van der Waals surface area contributed by atoms with Crippen molar-refractivity contribution in [1.29, 1.82) is 0 Å². The van der Waals surface area contributed by atoms with Gasteiger partial charge in [0.25, 0.3) is 0 Å². The SMILES string of the molecule is CC1(C)c2ccccc2-c2ccc(N(c3ccc(-c4ccccc4-c4ccccc4)cc3)c3ccc4c(oc5ccccc54)c3-c3ccccc3)cc21. The minimum absolute atomic E-state index is 0.135. The minimum atomic E-state index is -0.135. The molecule has 9 aromatic rings. The Hall–Kier alpha value is -6.64. The van der Waals surface area contributed by atoms with Gasteiger partial charge in [-0.2, -0.15) is 0 Å². The largest absolute Gasteiger partial charge is 0.455 e. The molecular formula is C51H37NO. The molecule has 1 aliphatic carbocycles. The van der Waals surface area contributed by atoms with Gasteiger partial charge >= 0.3 is 0 Å². The first kappa shape index (κ1) is 31.1. The molecule has 0 saturated heterocycles. The summed E-state index contributed by atoms with van der Waals surface area (Å²) in [7, 11) is 0. The molecule has 2 heteroatoms. The third-order valence-electron chi connectivity index (χ3n) is 11.1. The smallest absolute Gasteiger partial charge is 0.145 e. The van der Waals surface area contributed by atoms with Crippen molar-refractivity contribution in [2.75, 3.05) is 4.90 Å². The molecule has 1 aliphatic rings. The molecular weight excluding hydrogens is 643 g/mol. The minimum Gasteiger partial charge on any atom is -0.455 e. The van der Waals surface area contributed by atoms with Crippen molar-refractivity contribution in [2.24, 2.45) is 0 Å². The van der Waals surface area contributed by atoms with Gasteiger partial charge in [0.2, 0.25) is 0 Å². The lowest BCUT2D eigenvalue weighted by Gasteiger charge is -2.30. The highest BCUT2D eigenvalue weighted by Gasteiger charge is 2.36. The lowest BCUT2D eigenvalue weighted by molar-refractivity contribution is 0.660. The molecule has 2 nitrogen and oxygen atoms in total. The van der Waals surface area contributed by atoms with E-state index in [0.29, 0.717) is 0 Å². The summed E-state index contributed by atoms with van der Waals surface area (Å²) in [5.41, 5.74) is 17.2. The Morgan fingerprint density at radius 1 is 0.415 bits per heavy atom. The van der Waals surface area contributed by atoms with Crippen LogP contribution < -0.4 is 4.90 Å². The summed E-state index contributed by atoms with van der Waals surface area (Å²) in [4.78, 5) is 2.42. The Labute approximate surface area is 310 Å². The van der Waals surface area contributed by atoms with Crippen molar-refractivity contribution in [3.63, 3.8) is 0 Å². The second-order valence-electron chi connectivity index (χ2n) is 14.5. The summed E-state index contributed by atoms with van der Waals surface area (Å²) in [6, 6.07) is 67.8. The maximum Gasteiger partial charge on any atom is 0.145 e. The maximum absolute atomic E-state index is 6.76. The van der Waals surface area contributed by atoms with E-state index in [-0.39, 0.29) is 5.41 Å². The normalized spacial score (nSPS) is 12.9. The van der Waals surface area contributed by atoms with E-state index in [1.165, 1.54) is 44.5 Å². The zero-order valence-electron chi connectivity index (χ0n) is 29.8. The number of benzene rings is 8. The van der Waals surface area contributed by atoms with Crippen molar-refractivity contribution in [3.05, 3.63) is 199 Å². The third kappa shape index (κ3) is 5.02. The van der Waals surface area contributed by atoms with E-state index >= 15 is 0 Å².